The molecular weight excluding hydrogens is 735 g/mol. The Balaban J connectivity index is 1.28. The Hall–Kier alpha value is -8.00. The van der Waals surface area contributed by atoms with Gasteiger partial charge >= 0.3 is 0 Å². The van der Waals surface area contributed by atoms with E-state index in [1.54, 1.807) is 60.7 Å². The van der Waals surface area contributed by atoms with Gasteiger partial charge in [0.25, 0.3) is 0 Å². The van der Waals surface area contributed by atoms with Crippen molar-refractivity contribution in [3.05, 3.63) is 248 Å². The molecule has 11 aromatic carbocycles. The summed E-state index contributed by atoms with van der Waals surface area (Å²) < 4.78 is 109. The van der Waals surface area contributed by atoms with Crippen LogP contribution in [0.1, 0.15) is 15.1 Å². The van der Waals surface area contributed by atoms with E-state index in [0.29, 0.717) is 38.6 Å². The molecule has 0 saturated carbocycles. The normalized spacial score (nSPS) is 13.8. The minimum absolute atomic E-state index is 0.00822. The molecule has 0 saturated heterocycles. The van der Waals surface area contributed by atoms with E-state index >= 15 is 0 Å². The Bertz CT molecular complexity index is 3940. The number of anilines is 3. The lowest BCUT2D eigenvalue weighted by Gasteiger charge is -2.29. The number of rotatable bonds is 8. The lowest BCUT2D eigenvalue weighted by atomic mass is 9.89. The molecule has 0 aromatic heterocycles. The Morgan fingerprint density at radius 2 is 0.787 bits per heavy atom. The summed E-state index contributed by atoms with van der Waals surface area (Å²) in [6.45, 7) is 0. The number of hydrogen-bond donors (Lipinski definition) is 0. The van der Waals surface area contributed by atoms with Crippen molar-refractivity contribution in [2.24, 2.45) is 0 Å². The van der Waals surface area contributed by atoms with Gasteiger partial charge in [-0.25, -0.2) is 0 Å². The fourth-order valence-corrected chi connectivity index (χ4v) is 8.22. The molecule has 0 unspecified atom stereocenters. The number of nitrogens with zero attached hydrogens (tertiary/aromatic N) is 1. The smallest absolute Gasteiger partial charge is 0.0645 e. The van der Waals surface area contributed by atoms with Crippen LogP contribution in [-0.2, 0) is 0 Å². The second-order valence-electron chi connectivity index (χ2n) is 14.8. The van der Waals surface area contributed by atoms with Crippen molar-refractivity contribution in [1.29, 1.82) is 0 Å². The molecule has 0 aliphatic rings. The maximum absolute atomic E-state index is 10.1. The van der Waals surface area contributed by atoms with Gasteiger partial charge in [-0.1, -0.05) is 206 Å². The zero-order valence-corrected chi connectivity index (χ0v) is 32.8. The van der Waals surface area contributed by atoms with Crippen molar-refractivity contribution in [2.45, 2.75) is 0 Å². The molecule has 1 nitrogen and oxygen atoms in total. The highest BCUT2D eigenvalue weighted by Crippen LogP contribution is 2.45. The average molecular weight is 787 g/mol. The third kappa shape index (κ3) is 6.73. The van der Waals surface area contributed by atoms with E-state index < -0.39 is 71.8 Å². The van der Waals surface area contributed by atoms with E-state index in [-0.39, 0.29) is 34.0 Å². The number of benzene rings is 11. The van der Waals surface area contributed by atoms with Crippen LogP contribution in [0.2, 0.25) is 0 Å². The summed E-state index contributed by atoms with van der Waals surface area (Å²) in [5.74, 6) is 0. The Labute approximate surface area is 372 Å². The maximum atomic E-state index is 10.1. The van der Waals surface area contributed by atoms with E-state index in [1.165, 1.54) is 0 Å². The molecule has 1 heteroatoms. The zero-order chi connectivity index (χ0) is 50.1. The molecule has 286 valence electrons. The maximum Gasteiger partial charge on any atom is 0.0645 e. The van der Waals surface area contributed by atoms with E-state index in [2.05, 4.69) is 0 Å². The zero-order valence-electron chi connectivity index (χ0n) is 43.8. The first-order chi connectivity index (χ1) is 34.9. The van der Waals surface area contributed by atoms with Crippen molar-refractivity contribution in [2.75, 3.05) is 4.90 Å². The quantitative estimate of drug-likeness (QED) is 0.139. The van der Waals surface area contributed by atoms with Crippen LogP contribution in [0.15, 0.2) is 248 Å². The molecule has 61 heavy (non-hydrogen) atoms. The number of fused-ring (bicyclic) bond motifs is 4. The third-order valence-corrected chi connectivity index (χ3v) is 11.1. The van der Waals surface area contributed by atoms with Crippen LogP contribution in [0.5, 0.6) is 0 Å². The first kappa shape index (κ1) is 26.2. The van der Waals surface area contributed by atoms with Crippen LogP contribution in [0.3, 0.4) is 0 Å². The first-order valence-electron chi connectivity index (χ1n) is 25.6. The SMILES string of the molecule is [2H]c1c([2H])c(N(c2c([2H])c([2H])c(-c3c(-c4ccccc4)ccc4ccccc34)c([2H])c2[2H])c2c([2H])c([2H])c(-c3cc4ccccc4c4ccccc34)c([2H])c2[2H])c(-c2ccccc2)c([2H])c1-c1ccccc1. The molecule has 0 aliphatic heterocycles. The van der Waals surface area contributed by atoms with Gasteiger partial charge in [0, 0.05) is 16.9 Å². The minimum atomic E-state index is -0.608. The topological polar surface area (TPSA) is 3.24 Å². The molecule has 0 fully saturated rings. The predicted molar refractivity (Wildman–Crippen MR) is 261 cm³/mol. The molecule has 0 spiro atoms. The highest BCUT2D eigenvalue weighted by molar-refractivity contribution is 6.14. The van der Waals surface area contributed by atoms with Gasteiger partial charge in [-0.3, -0.25) is 0 Å². The van der Waals surface area contributed by atoms with Crippen molar-refractivity contribution in [1.82, 2.24) is 0 Å². The van der Waals surface area contributed by atoms with Crippen molar-refractivity contribution >= 4 is 49.4 Å². The molecule has 11 aromatic rings. The van der Waals surface area contributed by atoms with Gasteiger partial charge in [0.2, 0.25) is 0 Å². The molecule has 11 rings (SSSR count). The van der Waals surface area contributed by atoms with Gasteiger partial charge in [0.05, 0.1) is 20.8 Å². The van der Waals surface area contributed by atoms with Crippen LogP contribution < -0.4 is 4.90 Å². The van der Waals surface area contributed by atoms with E-state index in [1.807, 2.05) is 121 Å². The molecule has 0 heterocycles. The Kier molecular flexibility index (Phi) is 6.71. The van der Waals surface area contributed by atoms with Crippen LogP contribution in [0, 0.1) is 0 Å². The van der Waals surface area contributed by atoms with Crippen molar-refractivity contribution < 1.29 is 15.1 Å². The molecule has 0 N–H and O–H groups in total. The molecule has 0 aliphatic carbocycles. The summed E-state index contributed by atoms with van der Waals surface area (Å²) in [5, 5.41) is 4.76. The summed E-state index contributed by atoms with van der Waals surface area (Å²) in [6.07, 6.45) is 0. The summed E-state index contributed by atoms with van der Waals surface area (Å²) in [5.41, 5.74) is 2.06. The summed E-state index contributed by atoms with van der Waals surface area (Å²) >= 11 is 0. The van der Waals surface area contributed by atoms with E-state index in [4.69, 9.17) is 0 Å². The summed E-state index contributed by atoms with van der Waals surface area (Å²) in [6, 6.07) is 49.9. The fourth-order valence-electron chi connectivity index (χ4n) is 8.22. The monoisotopic (exact) mass is 786 g/mol. The molecule has 0 radical (unpaired) electrons. The Morgan fingerprint density at radius 3 is 1.44 bits per heavy atom. The van der Waals surface area contributed by atoms with Gasteiger partial charge < -0.3 is 4.90 Å². The lowest BCUT2D eigenvalue weighted by molar-refractivity contribution is 1.28. The van der Waals surface area contributed by atoms with Crippen molar-refractivity contribution in [3.8, 4) is 55.6 Å². The van der Waals surface area contributed by atoms with Crippen LogP contribution in [0.25, 0.3) is 88.0 Å². The average Bonchev–Trinajstić information content (AvgIpc) is 3.41. The first-order valence-corrected chi connectivity index (χ1v) is 20.1. The second-order valence-corrected chi connectivity index (χ2v) is 14.8. The Morgan fingerprint density at radius 1 is 0.295 bits per heavy atom. The van der Waals surface area contributed by atoms with Gasteiger partial charge in [0.15, 0.2) is 0 Å². The van der Waals surface area contributed by atoms with Gasteiger partial charge in [-0.05, 0) is 125 Å². The van der Waals surface area contributed by atoms with Crippen LogP contribution >= 0.6 is 0 Å². The lowest BCUT2D eigenvalue weighted by Crippen LogP contribution is -2.11. The largest absolute Gasteiger partial charge is 0.310 e. The van der Waals surface area contributed by atoms with E-state index in [9.17, 15) is 15.1 Å². The molecule has 0 amide bonds. The minimum Gasteiger partial charge on any atom is -0.310 e. The highest BCUT2D eigenvalue weighted by Gasteiger charge is 2.20. The summed E-state index contributed by atoms with van der Waals surface area (Å²) in [7, 11) is 0. The molecule has 0 atom stereocenters. The summed E-state index contributed by atoms with van der Waals surface area (Å²) in [4.78, 5) is 1.07. The highest BCUT2D eigenvalue weighted by atomic mass is 15.1. The second kappa shape index (κ2) is 15.6. The van der Waals surface area contributed by atoms with Crippen LogP contribution in [-0.4, -0.2) is 0 Å². The van der Waals surface area contributed by atoms with Crippen LogP contribution in [0.4, 0.5) is 17.1 Å². The fraction of sp³-hybridized carbons (Fsp3) is 0. The van der Waals surface area contributed by atoms with Gasteiger partial charge in [-0.2, -0.15) is 0 Å². The predicted octanol–water partition coefficient (Wildman–Crippen LogP) is 17.0. The van der Waals surface area contributed by atoms with E-state index in [0.717, 1.165) is 32.0 Å². The third-order valence-electron chi connectivity index (χ3n) is 11.1. The number of hydrogen-bond acceptors (Lipinski definition) is 1. The standard InChI is InChI=1S/C60H41N/c1-4-16-42(17-5-1)48-33-39-59(58(40-48)44-20-8-3-9-21-44)61(50-34-28-46(29-35-50)57-41-49-23-11-12-24-52(49)55-26-14-15-27-56(55)57)51-36-30-47(31-37-51)60-53-25-13-10-22-45(53)32-38-54(60)43-18-6-2-7-19-43/h1-41H/i28D,29D,30D,31D,33D,34D,35D,36D,37D,39D,40D. The molecular formula is C60H41N. The van der Waals surface area contributed by atoms with Gasteiger partial charge in [-0.15, -0.1) is 0 Å². The molecule has 0 bridgehead atoms. The van der Waals surface area contributed by atoms with Crippen molar-refractivity contribution in [3.63, 3.8) is 0 Å². The van der Waals surface area contributed by atoms with Gasteiger partial charge in [0.1, 0.15) is 0 Å².